The quantitative estimate of drug-likeness (QED) is 0.866. The number of anilines is 1. The molecule has 1 aromatic rings. The van der Waals surface area contributed by atoms with Crippen LogP contribution in [0.4, 0.5) is 18.9 Å². The van der Waals surface area contributed by atoms with Crippen molar-refractivity contribution in [2.45, 2.75) is 38.8 Å². The largest absolute Gasteiger partial charge is 0.402 e. The van der Waals surface area contributed by atoms with Crippen LogP contribution in [0.1, 0.15) is 23.6 Å². The van der Waals surface area contributed by atoms with Gasteiger partial charge in [0.05, 0.1) is 4.90 Å². The van der Waals surface area contributed by atoms with Crippen LogP contribution < -0.4 is 5.73 Å². The minimum absolute atomic E-state index is 0.133. The number of rotatable bonds is 4. The van der Waals surface area contributed by atoms with Crippen LogP contribution in [0.25, 0.3) is 0 Å². The van der Waals surface area contributed by atoms with Gasteiger partial charge < -0.3 is 5.73 Å². The van der Waals surface area contributed by atoms with Crippen molar-refractivity contribution in [1.82, 2.24) is 4.31 Å². The fourth-order valence-electron chi connectivity index (χ4n) is 2.12. The molecule has 0 aliphatic rings. The first kappa shape index (κ1) is 17.8. The molecule has 4 nitrogen and oxygen atoms in total. The van der Waals surface area contributed by atoms with E-state index >= 15 is 0 Å². The van der Waals surface area contributed by atoms with Crippen molar-refractivity contribution in [2.75, 3.05) is 18.8 Å². The lowest BCUT2D eigenvalue weighted by atomic mass is 10.1. The van der Waals surface area contributed by atoms with Gasteiger partial charge in [-0.3, -0.25) is 0 Å². The molecule has 0 fully saturated rings. The number of nitrogens with zero attached hydrogens (tertiary/aromatic N) is 1. The van der Waals surface area contributed by atoms with Crippen LogP contribution in [0.3, 0.4) is 0 Å². The van der Waals surface area contributed by atoms with E-state index in [1.807, 2.05) is 0 Å². The molecule has 120 valence electrons. The molecule has 1 aromatic carbocycles. The molecule has 0 aromatic heterocycles. The van der Waals surface area contributed by atoms with Crippen molar-refractivity contribution in [2.24, 2.45) is 0 Å². The van der Waals surface area contributed by atoms with Gasteiger partial charge in [0.15, 0.2) is 0 Å². The van der Waals surface area contributed by atoms with Crippen LogP contribution in [0.2, 0.25) is 0 Å². The predicted molar refractivity (Wildman–Crippen MR) is 75.6 cm³/mol. The highest BCUT2D eigenvalue weighted by Crippen LogP contribution is 2.31. The van der Waals surface area contributed by atoms with Gasteiger partial charge in [0.25, 0.3) is 0 Å². The Labute approximate surface area is 122 Å². The van der Waals surface area contributed by atoms with Crippen molar-refractivity contribution in [3.05, 3.63) is 22.8 Å². The summed E-state index contributed by atoms with van der Waals surface area (Å²) in [6.45, 7) is 4.32. The number of aryl methyl sites for hydroxylation is 1. The van der Waals surface area contributed by atoms with Gasteiger partial charge in [-0.15, -0.1) is 0 Å². The van der Waals surface area contributed by atoms with E-state index < -0.39 is 22.7 Å². The van der Waals surface area contributed by atoms with Crippen molar-refractivity contribution in [3.8, 4) is 0 Å². The summed E-state index contributed by atoms with van der Waals surface area (Å²) in [6.07, 6.45) is -4.60. The average Bonchev–Trinajstić information content (AvgIpc) is 2.32. The Morgan fingerprint density at radius 2 is 1.71 bits per heavy atom. The van der Waals surface area contributed by atoms with Crippen molar-refractivity contribution in [1.29, 1.82) is 0 Å². The van der Waals surface area contributed by atoms with Crippen molar-refractivity contribution in [3.63, 3.8) is 0 Å². The smallest absolute Gasteiger partial charge is 0.398 e. The standard InChI is InChI=1S/C13H19F3N2O2S/c1-5-18(7-13(14,15)16)21(19,20)12-9(3)8(2)6-11(17)10(12)4/h6H,5,7,17H2,1-4H3. The van der Waals surface area contributed by atoms with Crippen LogP contribution in [0.5, 0.6) is 0 Å². The monoisotopic (exact) mass is 324 g/mol. The van der Waals surface area contributed by atoms with Gasteiger partial charge in [0.1, 0.15) is 6.54 Å². The Kier molecular flexibility index (Phi) is 4.94. The normalized spacial score (nSPS) is 13.0. The molecule has 21 heavy (non-hydrogen) atoms. The summed E-state index contributed by atoms with van der Waals surface area (Å²) in [7, 11) is -4.26. The Bertz CT molecular complexity index is 614. The summed E-state index contributed by atoms with van der Waals surface area (Å²) in [5.41, 5.74) is 7.32. The van der Waals surface area contributed by atoms with E-state index in [0.717, 1.165) is 0 Å². The first-order valence-corrected chi connectivity index (χ1v) is 7.79. The Morgan fingerprint density at radius 1 is 1.19 bits per heavy atom. The maximum absolute atomic E-state index is 12.6. The summed E-state index contributed by atoms with van der Waals surface area (Å²) in [5.74, 6) is 0. The number of hydrogen-bond acceptors (Lipinski definition) is 3. The van der Waals surface area contributed by atoms with E-state index in [2.05, 4.69) is 0 Å². The van der Waals surface area contributed by atoms with Gasteiger partial charge >= 0.3 is 6.18 Å². The maximum Gasteiger partial charge on any atom is 0.402 e. The molecule has 8 heteroatoms. The number of halogens is 3. The highest BCUT2D eigenvalue weighted by molar-refractivity contribution is 7.89. The molecule has 0 unspecified atom stereocenters. The zero-order valence-corrected chi connectivity index (χ0v) is 13.2. The van der Waals surface area contributed by atoms with E-state index in [1.54, 1.807) is 19.9 Å². The van der Waals surface area contributed by atoms with Gasteiger partial charge in [-0.25, -0.2) is 8.42 Å². The molecule has 0 heterocycles. The molecule has 0 bridgehead atoms. The zero-order valence-electron chi connectivity index (χ0n) is 12.4. The number of sulfonamides is 1. The Balaban J connectivity index is 3.50. The van der Waals surface area contributed by atoms with Crippen molar-refractivity contribution >= 4 is 15.7 Å². The molecular weight excluding hydrogens is 305 g/mol. The molecule has 2 N–H and O–H groups in total. The molecular formula is C13H19F3N2O2S. The minimum atomic E-state index is -4.60. The lowest BCUT2D eigenvalue weighted by molar-refractivity contribution is -0.135. The van der Waals surface area contributed by atoms with E-state index in [9.17, 15) is 21.6 Å². The van der Waals surface area contributed by atoms with Crippen LogP contribution in [0.15, 0.2) is 11.0 Å². The second-order valence-electron chi connectivity index (χ2n) is 4.91. The highest BCUT2D eigenvalue weighted by atomic mass is 32.2. The lowest BCUT2D eigenvalue weighted by Gasteiger charge is -2.25. The number of nitrogen functional groups attached to an aromatic ring is 1. The number of alkyl halides is 3. The third-order valence-corrected chi connectivity index (χ3v) is 5.58. The SMILES string of the molecule is CCN(CC(F)(F)F)S(=O)(=O)c1c(C)c(C)cc(N)c1C. The molecule has 0 aliphatic heterocycles. The number of hydrogen-bond donors (Lipinski definition) is 1. The van der Waals surface area contributed by atoms with E-state index in [0.29, 0.717) is 15.4 Å². The fourth-order valence-corrected chi connectivity index (χ4v) is 4.09. The summed E-state index contributed by atoms with van der Waals surface area (Å²) in [6, 6.07) is 1.61. The van der Waals surface area contributed by atoms with Crippen LogP contribution in [0, 0.1) is 20.8 Å². The lowest BCUT2D eigenvalue weighted by Crippen LogP contribution is -2.39. The summed E-state index contributed by atoms with van der Waals surface area (Å²) < 4.78 is 63.2. The van der Waals surface area contributed by atoms with E-state index in [1.165, 1.54) is 13.8 Å². The van der Waals surface area contributed by atoms with Gasteiger partial charge in [-0.1, -0.05) is 6.92 Å². The molecule has 0 radical (unpaired) electrons. The van der Waals surface area contributed by atoms with Crippen LogP contribution in [-0.2, 0) is 10.0 Å². The minimum Gasteiger partial charge on any atom is -0.398 e. The molecule has 0 saturated carbocycles. The van der Waals surface area contributed by atoms with Crippen LogP contribution >= 0.6 is 0 Å². The highest BCUT2D eigenvalue weighted by Gasteiger charge is 2.37. The first-order chi connectivity index (χ1) is 9.41. The van der Waals surface area contributed by atoms with Gasteiger partial charge in [0, 0.05) is 12.2 Å². The van der Waals surface area contributed by atoms with E-state index in [4.69, 9.17) is 5.73 Å². The molecule has 1 rings (SSSR count). The van der Waals surface area contributed by atoms with Gasteiger partial charge in [-0.2, -0.15) is 17.5 Å². The maximum atomic E-state index is 12.6. The predicted octanol–water partition coefficient (Wildman–Crippen LogP) is 2.77. The Morgan fingerprint density at radius 3 is 2.14 bits per heavy atom. The fraction of sp³-hybridized carbons (Fsp3) is 0.538. The number of nitrogens with two attached hydrogens (primary N) is 1. The zero-order chi connectivity index (χ0) is 16.6. The Hall–Kier alpha value is -1.28. The summed E-state index contributed by atoms with van der Waals surface area (Å²) in [4.78, 5) is -0.133. The van der Waals surface area contributed by atoms with E-state index in [-0.39, 0.29) is 22.7 Å². The van der Waals surface area contributed by atoms with Crippen molar-refractivity contribution < 1.29 is 21.6 Å². The molecule has 0 atom stereocenters. The molecule has 0 spiro atoms. The second-order valence-corrected chi connectivity index (χ2v) is 6.78. The molecule has 0 amide bonds. The molecule has 0 aliphatic carbocycles. The summed E-state index contributed by atoms with van der Waals surface area (Å²) in [5, 5.41) is 0. The second kappa shape index (κ2) is 5.84. The summed E-state index contributed by atoms with van der Waals surface area (Å²) >= 11 is 0. The van der Waals surface area contributed by atoms with Gasteiger partial charge in [0.2, 0.25) is 10.0 Å². The first-order valence-electron chi connectivity index (χ1n) is 6.35. The third-order valence-electron chi connectivity index (χ3n) is 3.38. The van der Waals surface area contributed by atoms with Gasteiger partial charge in [-0.05, 0) is 43.5 Å². The number of benzene rings is 1. The average molecular weight is 324 g/mol. The van der Waals surface area contributed by atoms with Crippen LogP contribution in [-0.4, -0.2) is 32.0 Å². The third kappa shape index (κ3) is 3.68. The molecule has 0 saturated heterocycles. The topological polar surface area (TPSA) is 63.4 Å².